The molecule has 2 unspecified atom stereocenters. The maximum absolute atomic E-state index is 11.5. The number of ether oxygens (including phenoxy) is 1. The summed E-state index contributed by atoms with van der Waals surface area (Å²) in [7, 11) is 0. The van der Waals surface area contributed by atoms with Crippen LogP contribution < -0.4 is 5.73 Å². The minimum atomic E-state index is -1.36. The van der Waals surface area contributed by atoms with Gasteiger partial charge < -0.3 is 15.6 Å². The second kappa shape index (κ2) is 6.62. The van der Waals surface area contributed by atoms with E-state index in [9.17, 15) is 19.7 Å². The van der Waals surface area contributed by atoms with Gasteiger partial charge in [-0.2, -0.15) is 0 Å². The molecule has 8 heteroatoms. The van der Waals surface area contributed by atoms with Crippen molar-refractivity contribution in [3.63, 3.8) is 0 Å². The van der Waals surface area contributed by atoms with Gasteiger partial charge in [-0.1, -0.05) is 12.1 Å². The Morgan fingerprint density at radius 3 is 2.60 bits per heavy atom. The number of nitro groups is 1. The van der Waals surface area contributed by atoms with E-state index in [1.807, 2.05) is 0 Å². The van der Waals surface area contributed by atoms with Gasteiger partial charge in [0.25, 0.3) is 5.69 Å². The van der Waals surface area contributed by atoms with Gasteiger partial charge in [0.05, 0.1) is 16.9 Å². The van der Waals surface area contributed by atoms with Crippen LogP contribution in [-0.2, 0) is 14.3 Å². The number of carbonyl (C=O) groups is 2. The van der Waals surface area contributed by atoms with Gasteiger partial charge in [0.15, 0.2) is 0 Å². The molecule has 0 heterocycles. The Bertz CT molecular complexity index is 530. The van der Waals surface area contributed by atoms with Gasteiger partial charge in [-0.3, -0.25) is 19.7 Å². The van der Waals surface area contributed by atoms with E-state index in [0.717, 1.165) is 0 Å². The third-order valence-corrected chi connectivity index (χ3v) is 2.58. The molecule has 0 spiro atoms. The van der Waals surface area contributed by atoms with Crippen molar-refractivity contribution in [3.05, 3.63) is 39.9 Å². The van der Waals surface area contributed by atoms with Gasteiger partial charge in [0, 0.05) is 6.07 Å². The fourth-order valence-corrected chi connectivity index (χ4v) is 1.57. The second-order valence-corrected chi connectivity index (χ2v) is 4.10. The molecule has 0 aliphatic carbocycles. The van der Waals surface area contributed by atoms with E-state index in [1.54, 1.807) is 6.07 Å². The third-order valence-electron chi connectivity index (χ3n) is 2.58. The molecule has 0 aromatic heterocycles. The van der Waals surface area contributed by atoms with Gasteiger partial charge in [0.2, 0.25) is 0 Å². The minimum Gasteiger partial charge on any atom is -0.480 e. The van der Waals surface area contributed by atoms with Crippen LogP contribution in [0, 0.1) is 10.1 Å². The molecule has 20 heavy (non-hydrogen) atoms. The van der Waals surface area contributed by atoms with Crippen LogP contribution in [0.15, 0.2) is 24.3 Å². The van der Waals surface area contributed by atoms with Gasteiger partial charge in [-0.15, -0.1) is 0 Å². The Balaban J connectivity index is 2.77. The smallest absolute Gasteiger partial charge is 0.321 e. The molecule has 1 aromatic carbocycles. The van der Waals surface area contributed by atoms with Crippen molar-refractivity contribution in [1.82, 2.24) is 0 Å². The molecule has 0 saturated heterocycles. The van der Waals surface area contributed by atoms with Gasteiger partial charge >= 0.3 is 11.9 Å². The predicted molar refractivity (Wildman–Crippen MR) is 67.8 cm³/mol. The summed E-state index contributed by atoms with van der Waals surface area (Å²) >= 11 is 0. The first-order valence-electron chi connectivity index (χ1n) is 5.74. The lowest BCUT2D eigenvalue weighted by molar-refractivity contribution is -0.386. The molecular weight excluding hydrogens is 268 g/mol. The molecule has 0 radical (unpaired) electrons. The topological polar surface area (TPSA) is 133 Å². The Morgan fingerprint density at radius 2 is 2.05 bits per heavy atom. The van der Waals surface area contributed by atoms with E-state index in [2.05, 4.69) is 0 Å². The number of hydrogen-bond acceptors (Lipinski definition) is 6. The van der Waals surface area contributed by atoms with Crippen LogP contribution in [0.4, 0.5) is 5.69 Å². The number of rotatable bonds is 6. The van der Waals surface area contributed by atoms with E-state index >= 15 is 0 Å². The number of carboxylic acid groups (broad SMARTS) is 1. The summed E-state index contributed by atoms with van der Waals surface area (Å²) in [6, 6.07) is 4.47. The van der Waals surface area contributed by atoms with Crippen LogP contribution in [0.2, 0.25) is 0 Å². The summed E-state index contributed by atoms with van der Waals surface area (Å²) in [5.41, 5.74) is 5.26. The molecule has 0 aliphatic rings. The molecule has 0 fully saturated rings. The molecule has 1 rings (SSSR count). The van der Waals surface area contributed by atoms with Crippen LogP contribution in [0.1, 0.15) is 25.0 Å². The number of benzene rings is 1. The highest BCUT2D eigenvalue weighted by atomic mass is 16.6. The van der Waals surface area contributed by atoms with Crippen LogP contribution in [0.25, 0.3) is 0 Å². The quantitative estimate of drug-likeness (QED) is 0.451. The molecule has 0 amide bonds. The molecule has 8 nitrogen and oxygen atoms in total. The number of carbonyl (C=O) groups excluding carboxylic acids is 1. The predicted octanol–water partition coefficient (Wildman–Crippen LogP) is 1.00. The average molecular weight is 282 g/mol. The SMILES string of the molecule is CC(OC(=O)CC(N)C(=O)O)c1ccccc1[N+](=O)[O-]. The third kappa shape index (κ3) is 4.02. The molecular formula is C12H14N2O6. The van der Waals surface area contributed by atoms with Crippen molar-refractivity contribution in [2.24, 2.45) is 5.73 Å². The number of nitrogens with two attached hydrogens (primary N) is 1. The lowest BCUT2D eigenvalue weighted by Crippen LogP contribution is -2.33. The van der Waals surface area contributed by atoms with Crippen molar-refractivity contribution < 1.29 is 24.4 Å². The number of carboxylic acids is 1. The number of para-hydroxylation sites is 1. The Morgan fingerprint density at radius 1 is 1.45 bits per heavy atom. The van der Waals surface area contributed by atoms with E-state index in [0.29, 0.717) is 0 Å². The van der Waals surface area contributed by atoms with Crippen LogP contribution in [-0.4, -0.2) is 28.0 Å². The highest BCUT2D eigenvalue weighted by Crippen LogP contribution is 2.27. The highest BCUT2D eigenvalue weighted by Gasteiger charge is 2.23. The summed E-state index contributed by atoms with van der Waals surface area (Å²) in [6.07, 6.45) is -1.37. The molecule has 3 N–H and O–H groups in total. The molecule has 0 bridgehead atoms. The van der Waals surface area contributed by atoms with Gasteiger partial charge in [-0.25, -0.2) is 0 Å². The largest absolute Gasteiger partial charge is 0.480 e. The first kappa shape index (κ1) is 15.6. The number of nitro benzene ring substituents is 1. The first-order chi connectivity index (χ1) is 9.32. The standard InChI is InChI=1S/C12H14N2O6/c1-7(20-11(15)6-9(13)12(16)17)8-4-2-3-5-10(8)14(18)19/h2-5,7,9H,6,13H2,1H3,(H,16,17). The maximum Gasteiger partial charge on any atom is 0.321 e. The fraction of sp³-hybridized carbons (Fsp3) is 0.333. The zero-order valence-electron chi connectivity index (χ0n) is 10.7. The van der Waals surface area contributed by atoms with Crippen molar-refractivity contribution in [2.45, 2.75) is 25.5 Å². The fourth-order valence-electron chi connectivity index (χ4n) is 1.57. The van der Waals surface area contributed by atoms with E-state index in [1.165, 1.54) is 25.1 Å². The Hall–Kier alpha value is -2.48. The van der Waals surface area contributed by atoms with Crippen molar-refractivity contribution in [3.8, 4) is 0 Å². The summed E-state index contributed by atoms with van der Waals surface area (Å²) in [4.78, 5) is 32.3. The number of esters is 1. The second-order valence-electron chi connectivity index (χ2n) is 4.10. The maximum atomic E-state index is 11.5. The average Bonchev–Trinajstić information content (AvgIpc) is 2.38. The van der Waals surface area contributed by atoms with Crippen LogP contribution in [0.3, 0.4) is 0 Å². The summed E-state index contributed by atoms with van der Waals surface area (Å²) in [6.45, 7) is 1.46. The number of hydrogen-bond donors (Lipinski definition) is 2. The summed E-state index contributed by atoms with van der Waals surface area (Å²) in [5, 5.41) is 19.4. The zero-order valence-corrected chi connectivity index (χ0v) is 10.7. The minimum absolute atomic E-state index is 0.171. The molecule has 0 saturated carbocycles. The number of nitrogens with zero attached hydrogens (tertiary/aromatic N) is 1. The molecule has 0 aliphatic heterocycles. The van der Waals surface area contributed by atoms with Crippen molar-refractivity contribution >= 4 is 17.6 Å². The van der Waals surface area contributed by atoms with Crippen LogP contribution in [0.5, 0.6) is 0 Å². The lowest BCUT2D eigenvalue weighted by atomic mass is 10.1. The normalized spacial score (nSPS) is 13.3. The van der Waals surface area contributed by atoms with E-state index < -0.39 is 35.4 Å². The summed E-state index contributed by atoms with van der Waals surface area (Å²) < 4.78 is 4.96. The van der Waals surface area contributed by atoms with Crippen molar-refractivity contribution in [2.75, 3.05) is 0 Å². The first-order valence-corrected chi connectivity index (χ1v) is 5.74. The molecule has 2 atom stereocenters. The van der Waals surface area contributed by atoms with E-state index in [-0.39, 0.29) is 11.3 Å². The lowest BCUT2D eigenvalue weighted by Gasteiger charge is -2.14. The highest BCUT2D eigenvalue weighted by molar-refractivity contribution is 5.81. The van der Waals surface area contributed by atoms with Crippen molar-refractivity contribution in [1.29, 1.82) is 0 Å². The molecule has 1 aromatic rings. The Labute approximate surface area is 114 Å². The number of aliphatic carboxylic acids is 1. The van der Waals surface area contributed by atoms with Gasteiger partial charge in [-0.05, 0) is 13.0 Å². The monoisotopic (exact) mass is 282 g/mol. The zero-order chi connectivity index (χ0) is 15.3. The van der Waals surface area contributed by atoms with Crippen LogP contribution >= 0.6 is 0 Å². The van der Waals surface area contributed by atoms with E-state index in [4.69, 9.17) is 15.6 Å². The van der Waals surface area contributed by atoms with Gasteiger partial charge in [0.1, 0.15) is 12.1 Å². The molecule has 108 valence electrons. The summed E-state index contributed by atoms with van der Waals surface area (Å²) in [5.74, 6) is -2.15. The Kier molecular flexibility index (Phi) is 5.15.